The molecule has 0 aliphatic carbocycles. The number of benzene rings is 1. The SMILES string of the molecule is Cc1ccc(-c2csc3nc(SCC(=O)Nc4nnc(C)s4)[nH]c(=O)c23)cc1. The van der Waals surface area contributed by atoms with Crippen LogP contribution in [-0.2, 0) is 4.79 Å². The number of anilines is 1. The third-order valence-electron chi connectivity index (χ3n) is 3.90. The standard InChI is InChI=1S/C18H15N5O2S3/c1-9-3-5-11(6-4-9)12-7-26-16-14(12)15(25)20-17(21-16)27-8-13(24)19-18-23-22-10(2)28-18/h3-7H,8H2,1-2H3,(H,19,23,24)(H,20,21,25). The first-order valence-electron chi connectivity index (χ1n) is 8.31. The Bertz CT molecular complexity index is 1210. The van der Waals surface area contributed by atoms with Gasteiger partial charge in [-0.1, -0.05) is 52.9 Å². The Balaban J connectivity index is 1.52. The van der Waals surface area contributed by atoms with E-state index < -0.39 is 0 Å². The maximum absolute atomic E-state index is 12.6. The fraction of sp³-hybridized carbons (Fsp3) is 0.167. The van der Waals surface area contributed by atoms with Crippen LogP contribution >= 0.6 is 34.4 Å². The molecule has 4 aromatic rings. The minimum absolute atomic E-state index is 0.114. The van der Waals surface area contributed by atoms with Crippen molar-refractivity contribution in [2.24, 2.45) is 0 Å². The first-order chi connectivity index (χ1) is 13.5. The van der Waals surface area contributed by atoms with E-state index in [9.17, 15) is 9.59 Å². The zero-order valence-corrected chi connectivity index (χ0v) is 17.4. The second-order valence-electron chi connectivity index (χ2n) is 6.03. The van der Waals surface area contributed by atoms with Gasteiger partial charge < -0.3 is 4.98 Å². The van der Waals surface area contributed by atoms with Gasteiger partial charge in [-0.15, -0.1) is 21.5 Å². The van der Waals surface area contributed by atoms with E-state index in [1.165, 1.54) is 34.4 Å². The summed E-state index contributed by atoms with van der Waals surface area (Å²) in [6, 6.07) is 8.03. The Hall–Kier alpha value is -2.56. The molecule has 3 heterocycles. The van der Waals surface area contributed by atoms with E-state index in [2.05, 4.69) is 25.5 Å². The van der Waals surface area contributed by atoms with Crippen LogP contribution in [0, 0.1) is 13.8 Å². The molecule has 1 aromatic carbocycles. The summed E-state index contributed by atoms with van der Waals surface area (Å²) >= 11 is 3.90. The summed E-state index contributed by atoms with van der Waals surface area (Å²) in [7, 11) is 0. The first kappa shape index (κ1) is 18.8. The predicted molar refractivity (Wildman–Crippen MR) is 114 cm³/mol. The molecule has 0 fully saturated rings. The van der Waals surface area contributed by atoms with Crippen molar-refractivity contribution in [1.82, 2.24) is 20.2 Å². The smallest absolute Gasteiger partial charge is 0.260 e. The van der Waals surface area contributed by atoms with Crippen LogP contribution in [0.15, 0.2) is 39.6 Å². The number of aryl methyl sites for hydroxylation is 2. The number of hydrogen-bond acceptors (Lipinski definition) is 8. The monoisotopic (exact) mass is 429 g/mol. The van der Waals surface area contributed by atoms with Crippen LogP contribution in [0.1, 0.15) is 10.6 Å². The molecular weight excluding hydrogens is 414 g/mol. The highest BCUT2D eigenvalue weighted by Crippen LogP contribution is 2.31. The van der Waals surface area contributed by atoms with Crippen molar-refractivity contribution in [3.8, 4) is 11.1 Å². The highest BCUT2D eigenvalue weighted by Gasteiger charge is 2.14. The van der Waals surface area contributed by atoms with Gasteiger partial charge in [-0.25, -0.2) is 4.98 Å². The van der Waals surface area contributed by atoms with Crippen LogP contribution in [0.5, 0.6) is 0 Å². The predicted octanol–water partition coefficient (Wildman–Crippen LogP) is 3.85. The molecule has 0 saturated carbocycles. The molecule has 0 spiro atoms. The number of carbonyl (C=O) groups excluding carboxylic acids is 1. The molecule has 0 aliphatic heterocycles. The average molecular weight is 430 g/mol. The van der Waals surface area contributed by atoms with Crippen LogP contribution in [-0.4, -0.2) is 31.8 Å². The fourth-order valence-corrected chi connectivity index (χ4v) is 4.85. The summed E-state index contributed by atoms with van der Waals surface area (Å²) in [5, 5.41) is 14.6. The Morgan fingerprint density at radius 2 is 2.00 bits per heavy atom. The van der Waals surface area contributed by atoms with Gasteiger partial charge in [-0.2, -0.15) is 0 Å². The van der Waals surface area contributed by atoms with Crippen LogP contribution in [0.25, 0.3) is 21.3 Å². The fourth-order valence-electron chi connectivity index (χ4n) is 2.58. The number of fused-ring (bicyclic) bond motifs is 1. The zero-order chi connectivity index (χ0) is 19.7. The van der Waals surface area contributed by atoms with Gasteiger partial charge in [0, 0.05) is 10.9 Å². The molecule has 4 rings (SSSR count). The number of H-pyrrole nitrogens is 1. The Morgan fingerprint density at radius 1 is 1.21 bits per heavy atom. The third-order valence-corrected chi connectivity index (χ3v) is 6.40. The minimum atomic E-state index is -0.226. The van der Waals surface area contributed by atoms with Crippen LogP contribution in [0.3, 0.4) is 0 Å². The first-order valence-corrected chi connectivity index (χ1v) is 11.0. The van der Waals surface area contributed by atoms with E-state index >= 15 is 0 Å². The Kier molecular flexibility index (Phi) is 5.25. The molecule has 28 heavy (non-hydrogen) atoms. The van der Waals surface area contributed by atoms with E-state index in [4.69, 9.17) is 0 Å². The molecular formula is C18H15N5O2S3. The molecule has 2 N–H and O–H groups in total. The quantitative estimate of drug-likeness (QED) is 0.369. The average Bonchev–Trinajstić information content (AvgIpc) is 3.27. The van der Waals surface area contributed by atoms with Gasteiger partial charge in [0.25, 0.3) is 5.56 Å². The van der Waals surface area contributed by atoms with Gasteiger partial charge in [0.1, 0.15) is 9.84 Å². The summed E-state index contributed by atoms with van der Waals surface area (Å²) in [6.07, 6.45) is 0. The number of aromatic amines is 1. The highest BCUT2D eigenvalue weighted by molar-refractivity contribution is 7.99. The molecule has 0 radical (unpaired) electrons. The number of carbonyl (C=O) groups is 1. The lowest BCUT2D eigenvalue weighted by Crippen LogP contribution is -2.15. The lowest BCUT2D eigenvalue weighted by Gasteiger charge is -2.03. The summed E-state index contributed by atoms with van der Waals surface area (Å²) < 4.78 is 0. The molecule has 0 unspecified atom stereocenters. The second-order valence-corrected chi connectivity index (χ2v) is 9.03. The lowest BCUT2D eigenvalue weighted by atomic mass is 10.1. The maximum atomic E-state index is 12.6. The van der Waals surface area contributed by atoms with Crippen molar-refractivity contribution in [3.05, 3.63) is 50.6 Å². The van der Waals surface area contributed by atoms with Crippen molar-refractivity contribution in [1.29, 1.82) is 0 Å². The number of rotatable bonds is 5. The summed E-state index contributed by atoms with van der Waals surface area (Å²) in [4.78, 5) is 32.6. The number of hydrogen-bond donors (Lipinski definition) is 2. The normalized spacial score (nSPS) is 11.1. The van der Waals surface area contributed by atoms with E-state index in [1.807, 2.05) is 43.5 Å². The molecule has 7 nitrogen and oxygen atoms in total. The molecule has 3 aromatic heterocycles. The van der Waals surface area contributed by atoms with Gasteiger partial charge in [-0.3, -0.25) is 14.9 Å². The Labute approximate surface area is 172 Å². The summed E-state index contributed by atoms with van der Waals surface area (Å²) in [6.45, 7) is 3.84. The molecule has 1 amide bonds. The molecule has 0 atom stereocenters. The number of thioether (sulfide) groups is 1. The second kappa shape index (κ2) is 7.82. The van der Waals surface area contributed by atoms with E-state index in [0.29, 0.717) is 20.5 Å². The van der Waals surface area contributed by atoms with Gasteiger partial charge in [0.2, 0.25) is 11.0 Å². The molecule has 0 bridgehead atoms. The molecule has 10 heteroatoms. The lowest BCUT2D eigenvalue weighted by molar-refractivity contribution is -0.113. The van der Waals surface area contributed by atoms with E-state index in [0.717, 1.165) is 21.7 Å². The highest BCUT2D eigenvalue weighted by atomic mass is 32.2. The number of nitrogens with one attached hydrogen (secondary N) is 2. The minimum Gasteiger partial charge on any atom is -0.301 e. The van der Waals surface area contributed by atoms with Crippen LogP contribution in [0.2, 0.25) is 0 Å². The van der Waals surface area contributed by atoms with Gasteiger partial charge in [0.05, 0.1) is 11.1 Å². The largest absolute Gasteiger partial charge is 0.301 e. The number of aromatic nitrogens is 4. The van der Waals surface area contributed by atoms with E-state index in [1.54, 1.807) is 0 Å². The number of amides is 1. The van der Waals surface area contributed by atoms with Crippen LogP contribution in [0.4, 0.5) is 5.13 Å². The zero-order valence-electron chi connectivity index (χ0n) is 15.0. The van der Waals surface area contributed by atoms with Crippen molar-refractivity contribution < 1.29 is 4.79 Å². The third kappa shape index (κ3) is 3.98. The molecule has 142 valence electrons. The Morgan fingerprint density at radius 3 is 2.71 bits per heavy atom. The van der Waals surface area contributed by atoms with Crippen molar-refractivity contribution in [2.45, 2.75) is 19.0 Å². The summed E-state index contributed by atoms with van der Waals surface area (Å²) in [5.41, 5.74) is 2.81. The number of nitrogens with zero attached hydrogens (tertiary/aromatic N) is 3. The summed E-state index contributed by atoms with van der Waals surface area (Å²) in [5.74, 6) is -0.112. The maximum Gasteiger partial charge on any atom is 0.260 e. The molecule has 0 aliphatic rings. The van der Waals surface area contributed by atoms with Gasteiger partial charge in [-0.05, 0) is 19.4 Å². The van der Waals surface area contributed by atoms with Crippen molar-refractivity contribution in [2.75, 3.05) is 11.1 Å². The van der Waals surface area contributed by atoms with Crippen molar-refractivity contribution in [3.63, 3.8) is 0 Å². The van der Waals surface area contributed by atoms with Crippen LogP contribution < -0.4 is 10.9 Å². The number of thiophene rings is 1. The van der Waals surface area contributed by atoms with Crippen molar-refractivity contribution >= 4 is 55.7 Å². The molecule has 0 saturated heterocycles. The van der Waals surface area contributed by atoms with Gasteiger partial charge in [0.15, 0.2) is 5.16 Å². The van der Waals surface area contributed by atoms with E-state index in [-0.39, 0.29) is 17.2 Å². The topological polar surface area (TPSA) is 101 Å². The van der Waals surface area contributed by atoms with Gasteiger partial charge >= 0.3 is 0 Å².